The number of aliphatic hydroxyl groups excluding tert-OH is 1. The van der Waals surface area contributed by atoms with Crippen LogP contribution < -0.4 is 4.74 Å². The molecule has 2 aromatic heterocycles. The highest BCUT2D eigenvalue weighted by Crippen LogP contribution is 2.41. The van der Waals surface area contributed by atoms with Crippen molar-refractivity contribution in [2.75, 3.05) is 52.5 Å². The Hall–Kier alpha value is -3.20. The second-order valence-electron chi connectivity index (χ2n) is 8.94. The normalized spacial score (nSPS) is 15.9. The SMILES string of the molecule is OCCN1CCN(CCOc2c3[nH]c4ccc(F)cc4c3cc3c2[nH]c2ccc(F)cc23)CC1. The maximum atomic E-state index is 14.1. The molecule has 0 bridgehead atoms. The minimum atomic E-state index is -0.304. The van der Waals surface area contributed by atoms with Gasteiger partial charge in [0.15, 0.2) is 5.75 Å². The second-order valence-corrected chi connectivity index (χ2v) is 8.94. The predicted octanol–water partition coefficient (Wildman–Crippen LogP) is 4.22. The fourth-order valence-corrected chi connectivity index (χ4v) is 5.10. The predicted molar refractivity (Wildman–Crippen MR) is 131 cm³/mol. The highest BCUT2D eigenvalue weighted by molar-refractivity contribution is 6.20. The second kappa shape index (κ2) is 8.54. The number of benzene rings is 3. The van der Waals surface area contributed by atoms with E-state index in [1.54, 1.807) is 12.1 Å². The van der Waals surface area contributed by atoms with E-state index in [4.69, 9.17) is 9.84 Å². The van der Waals surface area contributed by atoms with Crippen molar-refractivity contribution in [2.24, 2.45) is 0 Å². The topological polar surface area (TPSA) is 67.5 Å². The molecule has 5 aromatic rings. The average Bonchev–Trinajstić information content (AvgIpc) is 3.38. The molecule has 1 aliphatic rings. The van der Waals surface area contributed by atoms with E-state index in [0.29, 0.717) is 18.9 Å². The Morgan fingerprint density at radius 3 is 1.79 bits per heavy atom. The van der Waals surface area contributed by atoms with Gasteiger partial charge in [-0.05, 0) is 42.5 Å². The quantitative estimate of drug-likeness (QED) is 0.352. The van der Waals surface area contributed by atoms with Crippen molar-refractivity contribution in [1.82, 2.24) is 19.8 Å². The van der Waals surface area contributed by atoms with E-state index in [1.165, 1.54) is 24.3 Å². The Labute approximate surface area is 194 Å². The van der Waals surface area contributed by atoms with Gasteiger partial charge in [0.25, 0.3) is 0 Å². The molecule has 3 heterocycles. The van der Waals surface area contributed by atoms with Crippen LogP contribution in [0.4, 0.5) is 8.78 Å². The number of piperazine rings is 1. The zero-order valence-corrected chi connectivity index (χ0v) is 18.7. The maximum Gasteiger partial charge on any atom is 0.167 e. The highest BCUT2D eigenvalue weighted by atomic mass is 19.1. The summed E-state index contributed by atoms with van der Waals surface area (Å²) in [7, 11) is 0. The van der Waals surface area contributed by atoms with Gasteiger partial charge in [-0.1, -0.05) is 0 Å². The number of rotatable bonds is 6. The molecule has 0 aliphatic carbocycles. The Morgan fingerprint density at radius 2 is 1.26 bits per heavy atom. The van der Waals surface area contributed by atoms with E-state index in [9.17, 15) is 8.78 Å². The summed E-state index contributed by atoms with van der Waals surface area (Å²) in [6.07, 6.45) is 0. The van der Waals surface area contributed by atoms with Gasteiger partial charge in [-0.15, -0.1) is 0 Å². The van der Waals surface area contributed by atoms with E-state index < -0.39 is 0 Å². The first-order chi connectivity index (χ1) is 16.6. The van der Waals surface area contributed by atoms with Crippen molar-refractivity contribution >= 4 is 43.6 Å². The first-order valence-corrected chi connectivity index (χ1v) is 11.6. The maximum absolute atomic E-state index is 14.1. The zero-order chi connectivity index (χ0) is 23.2. The molecule has 0 radical (unpaired) electrons. The number of nitrogens with one attached hydrogen (secondary N) is 2. The lowest BCUT2D eigenvalue weighted by atomic mass is 10.1. The van der Waals surface area contributed by atoms with Crippen LogP contribution in [0.25, 0.3) is 43.6 Å². The number of aromatic amines is 2. The van der Waals surface area contributed by atoms with Crippen LogP contribution in [0, 0.1) is 11.6 Å². The van der Waals surface area contributed by atoms with E-state index >= 15 is 0 Å². The monoisotopic (exact) mass is 464 g/mol. The average molecular weight is 465 g/mol. The standard InChI is InChI=1S/C26H26F2N4O2/c27-16-1-3-22-18(13-16)20-15-21-19-14-17(28)2-4-23(19)30-25(21)26(24(20)29-22)34-12-10-32-7-5-31(6-8-32)9-11-33/h1-4,13-15,29-30,33H,5-12H2. The minimum Gasteiger partial charge on any atom is -0.488 e. The molecule has 0 amide bonds. The van der Waals surface area contributed by atoms with Crippen LogP contribution in [0.15, 0.2) is 42.5 Å². The number of fused-ring (bicyclic) bond motifs is 6. The highest BCUT2D eigenvalue weighted by Gasteiger charge is 2.20. The molecule has 3 aromatic carbocycles. The van der Waals surface area contributed by atoms with Crippen LogP contribution in [0.5, 0.6) is 5.75 Å². The molecule has 6 nitrogen and oxygen atoms in total. The number of halogens is 2. The Morgan fingerprint density at radius 1 is 0.735 bits per heavy atom. The lowest BCUT2D eigenvalue weighted by Crippen LogP contribution is -2.48. The Balaban J connectivity index is 1.38. The van der Waals surface area contributed by atoms with Crippen LogP contribution in [0.2, 0.25) is 0 Å². The van der Waals surface area contributed by atoms with Crippen molar-refractivity contribution in [3.05, 3.63) is 54.1 Å². The fourth-order valence-electron chi connectivity index (χ4n) is 5.10. The summed E-state index contributed by atoms with van der Waals surface area (Å²) in [5, 5.41) is 12.4. The number of aliphatic hydroxyl groups is 1. The van der Waals surface area contributed by atoms with Gasteiger partial charge in [0.2, 0.25) is 0 Å². The van der Waals surface area contributed by atoms with Gasteiger partial charge in [0, 0.05) is 71.8 Å². The number of hydrogen-bond donors (Lipinski definition) is 3. The van der Waals surface area contributed by atoms with Crippen molar-refractivity contribution in [3.8, 4) is 5.75 Å². The van der Waals surface area contributed by atoms with Crippen molar-refractivity contribution in [1.29, 1.82) is 0 Å². The van der Waals surface area contributed by atoms with E-state index in [0.717, 1.165) is 76.3 Å². The third kappa shape index (κ3) is 3.68. The molecule has 1 saturated heterocycles. The van der Waals surface area contributed by atoms with Crippen LogP contribution in [0.1, 0.15) is 0 Å². The van der Waals surface area contributed by atoms with Gasteiger partial charge in [-0.25, -0.2) is 8.78 Å². The summed E-state index contributed by atoms with van der Waals surface area (Å²) < 4.78 is 34.5. The summed E-state index contributed by atoms with van der Waals surface area (Å²) >= 11 is 0. The van der Waals surface area contributed by atoms with Crippen molar-refractivity contribution < 1.29 is 18.6 Å². The summed E-state index contributed by atoms with van der Waals surface area (Å²) in [5.74, 6) is 0.0576. The molecule has 0 saturated carbocycles. The molecule has 1 fully saturated rings. The summed E-state index contributed by atoms with van der Waals surface area (Å²) in [6.45, 7) is 5.89. The molecule has 0 spiro atoms. The summed E-state index contributed by atoms with van der Waals surface area (Å²) in [4.78, 5) is 11.4. The third-order valence-corrected chi connectivity index (χ3v) is 6.88. The molecule has 0 unspecified atom stereocenters. The smallest absolute Gasteiger partial charge is 0.167 e. The van der Waals surface area contributed by atoms with Gasteiger partial charge in [-0.3, -0.25) is 9.80 Å². The molecule has 6 rings (SSSR count). The minimum absolute atomic E-state index is 0.186. The van der Waals surface area contributed by atoms with Gasteiger partial charge >= 0.3 is 0 Å². The zero-order valence-electron chi connectivity index (χ0n) is 18.7. The van der Waals surface area contributed by atoms with Crippen LogP contribution in [-0.2, 0) is 0 Å². The summed E-state index contributed by atoms with van der Waals surface area (Å²) in [6, 6.07) is 11.3. The number of nitrogens with zero attached hydrogens (tertiary/aromatic N) is 2. The molecule has 0 atom stereocenters. The van der Waals surface area contributed by atoms with Crippen molar-refractivity contribution in [3.63, 3.8) is 0 Å². The van der Waals surface area contributed by atoms with Crippen LogP contribution in [-0.4, -0.2) is 77.4 Å². The number of hydrogen-bond acceptors (Lipinski definition) is 4. The number of aromatic nitrogens is 2. The van der Waals surface area contributed by atoms with E-state index in [1.807, 2.05) is 6.07 Å². The van der Waals surface area contributed by atoms with Gasteiger partial charge in [0.05, 0.1) is 17.6 Å². The summed E-state index contributed by atoms with van der Waals surface area (Å²) in [5.41, 5.74) is 3.24. The molecule has 8 heteroatoms. The van der Waals surface area contributed by atoms with E-state index in [2.05, 4.69) is 19.8 Å². The van der Waals surface area contributed by atoms with Crippen LogP contribution in [0.3, 0.4) is 0 Å². The van der Waals surface area contributed by atoms with Gasteiger partial charge in [0.1, 0.15) is 18.2 Å². The molecular formula is C26H26F2N4O2. The lowest BCUT2D eigenvalue weighted by Gasteiger charge is -2.34. The number of β-amino-alcohol motifs (C(OH)–C–C–N with tert-alkyl or cyclic N) is 1. The fraction of sp³-hybridized carbons (Fsp3) is 0.308. The molecule has 34 heavy (non-hydrogen) atoms. The van der Waals surface area contributed by atoms with E-state index in [-0.39, 0.29) is 18.2 Å². The molecule has 1 aliphatic heterocycles. The third-order valence-electron chi connectivity index (χ3n) is 6.88. The molecule has 3 N–H and O–H groups in total. The first kappa shape index (κ1) is 21.3. The number of ether oxygens (including phenoxy) is 1. The van der Waals surface area contributed by atoms with Gasteiger partial charge in [-0.2, -0.15) is 0 Å². The van der Waals surface area contributed by atoms with Gasteiger partial charge < -0.3 is 19.8 Å². The lowest BCUT2D eigenvalue weighted by molar-refractivity contribution is 0.102. The van der Waals surface area contributed by atoms with Crippen molar-refractivity contribution in [2.45, 2.75) is 0 Å². The Kier molecular flexibility index (Phi) is 5.36. The molecular weight excluding hydrogens is 438 g/mol. The first-order valence-electron chi connectivity index (χ1n) is 11.6. The van der Waals surface area contributed by atoms with Crippen LogP contribution >= 0.6 is 0 Å². The Bertz CT molecular complexity index is 1410. The molecule has 176 valence electrons. The number of H-pyrrole nitrogens is 2. The largest absolute Gasteiger partial charge is 0.488 e.